The molecule has 1 saturated heterocycles. The number of hydrogen-bond donors (Lipinski definition) is 1. The first kappa shape index (κ1) is 16.9. The Morgan fingerprint density at radius 3 is 1.79 bits per heavy atom. The van der Waals surface area contributed by atoms with Gasteiger partial charge in [0.2, 0.25) is 0 Å². The molecule has 1 fully saturated rings. The highest BCUT2D eigenvalue weighted by atomic mass is 16.6. The molecule has 1 N–H and O–H groups in total. The van der Waals surface area contributed by atoms with Gasteiger partial charge in [0.1, 0.15) is 0 Å². The molecule has 0 aromatic heterocycles. The Balaban J connectivity index is 2.38. The lowest BCUT2D eigenvalue weighted by atomic mass is 9.89. The third kappa shape index (κ3) is 7.22. The van der Waals surface area contributed by atoms with E-state index in [1.165, 1.54) is 0 Å². The lowest BCUT2D eigenvalue weighted by molar-refractivity contribution is -0.00663. The van der Waals surface area contributed by atoms with Crippen molar-refractivity contribution in [2.75, 3.05) is 59.4 Å². The lowest BCUT2D eigenvalue weighted by Crippen LogP contribution is -2.52. The van der Waals surface area contributed by atoms with Crippen molar-refractivity contribution in [1.82, 2.24) is 5.32 Å². The zero-order valence-corrected chi connectivity index (χ0v) is 12.6. The summed E-state index contributed by atoms with van der Waals surface area (Å²) in [7, 11) is 0. The summed E-state index contributed by atoms with van der Waals surface area (Å²) in [5.74, 6) is 0.493. The van der Waals surface area contributed by atoms with Crippen molar-refractivity contribution in [3.8, 4) is 0 Å². The highest BCUT2D eigenvalue weighted by Crippen LogP contribution is 2.16. The van der Waals surface area contributed by atoms with E-state index in [1.807, 2.05) is 0 Å². The molecule has 114 valence electrons. The quantitative estimate of drug-likeness (QED) is 0.776. The molecule has 0 radical (unpaired) electrons. The number of rotatable bonds is 1. The molecule has 1 heterocycles. The molecule has 1 aliphatic heterocycles. The van der Waals surface area contributed by atoms with Gasteiger partial charge >= 0.3 is 0 Å². The molecule has 0 amide bonds. The van der Waals surface area contributed by atoms with Crippen LogP contribution >= 0.6 is 0 Å². The average molecular weight is 275 g/mol. The van der Waals surface area contributed by atoms with Crippen molar-refractivity contribution in [1.29, 1.82) is 0 Å². The molecule has 0 aromatic rings. The molecule has 5 nitrogen and oxygen atoms in total. The van der Waals surface area contributed by atoms with Gasteiger partial charge in [0.15, 0.2) is 0 Å². The lowest BCUT2D eigenvalue weighted by Gasteiger charge is -2.35. The molecule has 1 rings (SSSR count). The maximum atomic E-state index is 5.72. The molecule has 5 heteroatoms. The monoisotopic (exact) mass is 275 g/mol. The second-order valence-electron chi connectivity index (χ2n) is 5.39. The Kier molecular flexibility index (Phi) is 8.57. The molecule has 19 heavy (non-hydrogen) atoms. The largest absolute Gasteiger partial charge is 0.378 e. The number of hydrogen-bond acceptors (Lipinski definition) is 5. The van der Waals surface area contributed by atoms with E-state index in [1.54, 1.807) is 0 Å². The van der Waals surface area contributed by atoms with Gasteiger partial charge in [-0.15, -0.1) is 0 Å². The minimum Gasteiger partial charge on any atom is -0.378 e. The van der Waals surface area contributed by atoms with E-state index >= 15 is 0 Å². The van der Waals surface area contributed by atoms with Gasteiger partial charge in [-0.05, 0) is 12.8 Å². The van der Waals surface area contributed by atoms with Gasteiger partial charge in [-0.1, -0.05) is 13.8 Å². The van der Waals surface area contributed by atoms with Gasteiger partial charge in [0, 0.05) is 12.1 Å². The summed E-state index contributed by atoms with van der Waals surface area (Å²) in [6.07, 6.45) is 0. The first-order chi connectivity index (χ1) is 9.15. The fourth-order valence-corrected chi connectivity index (χ4v) is 1.77. The zero-order chi connectivity index (χ0) is 14.0. The summed E-state index contributed by atoms with van der Waals surface area (Å²) in [4.78, 5) is 0. The molecular formula is C14H29NO4. The molecule has 1 atom stereocenters. The first-order valence-electron chi connectivity index (χ1n) is 7.21. The summed E-state index contributed by atoms with van der Waals surface area (Å²) in [5.41, 5.74) is -0.0277. The van der Waals surface area contributed by atoms with Crippen LogP contribution in [0.1, 0.15) is 20.8 Å². The number of ether oxygens (including phenoxy) is 4. The molecule has 0 aromatic carbocycles. The van der Waals surface area contributed by atoms with Crippen molar-refractivity contribution in [2.45, 2.75) is 26.3 Å². The van der Waals surface area contributed by atoms with Crippen LogP contribution in [0.15, 0.2) is 0 Å². The fraction of sp³-hybridized carbons (Fsp3) is 1.00. The van der Waals surface area contributed by atoms with Crippen molar-refractivity contribution in [3.63, 3.8) is 0 Å². The summed E-state index contributed by atoms with van der Waals surface area (Å²) in [6.45, 7) is 12.5. The van der Waals surface area contributed by atoms with Crippen molar-refractivity contribution in [2.24, 2.45) is 5.92 Å². The Hall–Kier alpha value is -0.200. The Labute approximate surface area is 116 Å². The Morgan fingerprint density at radius 2 is 1.26 bits per heavy atom. The fourth-order valence-electron chi connectivity index (χ4n) is 1.77. The normalized spacial score (nSPS) is 29.7. The minimum atomic E-state index is -0.0277. The molecule has 0 bridgehead atoms. The van der Waals surface area contributed by atoms with Crippen LogP contribution < -0.4 is 5.32 Å². The van der Waals surface area contributed by atoms with E-state index in [2.05, 4.69) is 26.1 Å². The van der Waals surface area contributed by atoms with Crippen LogP contribution in [-0.4, -0.2) is 64.9 Å². The van der Waals surface area contributed by atoms with Crippen LogP contribution in [0, 0.1) is 5.92 Å². The molecule has 0 saturated carbocycles. The van der Waals surface area contributed by atoms with Crippen LogP contribution in [0.25, 0.3) is 0 Å². The van der Waals surface area contributed by atoms with Crippen molar-refractivity contribution in [3.05, 3.63) is 0 Å². The van der Waals surface area contributed by atoms with Crippen LogP contribution in [-0.2, 0) is 18.9 Å². The van der Waals surface area contributed by atoms with E-state index in [0.29, 0.717) is 58.8 Å². The van der Waals surface area contributed by atoms with E-state index < -0.39 is 0 Å². The standard InChI is InChI=1S/C14H29NO4/c1-13(2)14(3)12-19-11-10-18-9-8-17-7-6-16-5-4-15-14/h13,15H,4-12H2,1-3H3. The summed E-state index contributed by atoms with van der Waals surface area (Å²) >= 11 is 0. The van der Waals surface area contributed by atoms with E-state index in [0.717, 1.165) is 6.54 Å². The second kappa shape index (κ2) is 9.66. The summed E-state index contributed by atoms with van der Waals surface area (Å²) in [5, 5.41) is 3.53. The molecule has 1 unspecified atom stereocenters. The maximum Gasteiger partial charge on any atom is 0.0701 e. The molecule has 0 aliphatic carbocycles. The zero-order valence-electron chi connectivity index (χ0n) is 12.6. The first-order valence-corrected chi connectivity index (χ1v) is 7.21. The highest BCUT2D eigenvalue weighted by molar-refractivity contribution is 4.86. The van der Waals surface area contributed by atoms with Gasteiger partial charge in [-0.25, -0.2) is 0 Å². The molecular weight excluding hydrogens is 246 g/mol. The van der Waals surface area contributed by atoms with E-state index in [9.17, 15) is 0 Å². The topological polar surface area (TPSA) is 49.0 Å². The van der Waals surface area contributed by atoms with Gasteiger partial charge in [0.25, 0.3) is 0 Å². The second-order valence-corrected chi connectivity index (χ2v) is 5.39. The maximum absolute atomic E-state index is 5.72. The van der Waals surface area contributed by atoms with Crippen LogP contribution in [0.5, 0.6) is 0 Å². The van der Waals surface area contributed by atoms with Crippen LogP contribution in [0.4, 0.5) is 0 Å². The predicted molar refractivity (Wildman–Crippen MR) is 74.5 cm³/mol. The highest BCUT2D eigenvalue weighted by Gasteiger charge is 2.27. The Morgan fingerprint density at radius 1 is 0.789 bits per heavy atom. The third-order valence-electron chi connectivity index (χ3n) is 3.57. The van der Waals surface area contributed by atoms with Crippen LogP contribution in [0.3, 0.4) is 0 Å². The predicted octanol–water partition coefficient (Wildman–Crippen LogP) is 1.07. The van der Waals surface area contributed by atoms with Crippen molar-refractivity contribution >= 4 is 0 Å². The van der Waals surface area contributed by atoms with E-state index in [4.69, 9.17) is 18.9 Å². The van der Waals surface area contributed by atoms with Gasteiger partial charge < -0.3 is 24.3 Å². The summed E-state index contributed by atoms with van der Waals surface area (Å²) in [6, 6.07) is 0. The Bertz CT molecular complexity index is 207. The molecule has 0 spiro atoms. The number of nitrogens with one attached hydrogen (secondary N) is 1. The average Bonchev–Trinajstić information content (AvgIpc) is 2.39. The van der Waals surface area contributed by atoms with Gasteiger partial charge in [0.05, 0.1) is 52.9 Å². The van der Waals surface area contributed by atoms with E-state index in [-0.39, 0.29) is 5.54 Å². The van der Waals surface area contributed by atoms with Crippen molar-refractivity contribution < 1.29 is 18.9 Å². The smallest absolute Gasteiger partial charge is 0.0701 e. The third-order valence-corrected chi connectivity index (χ3v) is 3.57. The van der Waals surface area contributed by atoms with Crippen LogP contribution in [0.2, 0.25) is 0 Å². The SMILES string of the molecule is CC(C)C1(C)COCCOCCOCCOCCN1. The minimum absolute atomic E-state index is 0.0277. The van der Waals surface area contributed by atoms with Gasteiger partial charge in [-0.2, -0.15) is 0 Å². The van der Waals surface area contributed by atoms with Gasteiger partial charge in [-0.3, -0.25) is 0 Å². The summed E-state index contributed by atoms with van der Waals surface area (Å²) < 4.78 is 22.0. The molecule has 1 aliphatic rings.